The van der Waals surface area contributed by atoms with Gasteiger partial charge in [-0.1, -0.05) is 18.2 Å². The van der Waals surface area contributed by atoms with E-state index in [1.807, 2.05) is 31.2 Å². The second-order valence-corrected chi connectivity index (χ2v) is 7.00. The summed E-state index contributed by atoms with van der Waals surface area (Å²) in [5.41, 5.74) is 8.06. The van der Waals surface area contributed by atoms with Crippen LogP contribution in [0, 0.1) is 0 Å². The molecule has 2 aliphatic rings. The minimum Gasteiger partial charge on any atom is -0.326 e. The highest BCUT2D eigenvalue weighted by Gasteiger charge is 2.31. The molecule has 0 bridgehead atoms. The number of benzene rings is 1. The maximum atomic E-state index is 13.0. The molecule has 1 unspecified atom stereocenters. The van der Waals surface area contributed by atoms with E-state index >= 15 is 0 Å². The highest BCUT2D eigenvalue weighted by molar-refractivity contribution is 5.96. The molecule has 0 saturated heterocycles. The first-order chi connectivity index (χ1) is 12.5. The Hall–Kier alpha value is -2.67. The Morgan fingerprint density at radius 1 is 1.27 bits per heavy atom. The normalized spacial score (nSPS) is 18.1. The summed E-state index contributed by atoms with van der Waals surface area (Å²) >= 11 is 0. The van der Waals surface area contributed by atoms with Gasteiger partial charge in [-0.2, -0.15) is 0 Å². The Bertz CT molecular complexity index is 1000. The van der Waals surface area contributed by atoms with E-state index in [4.69, 9.17) is 5.73 Å². The van der Waals surface area contributed by atoms with E-state index < -0.39 is 11.2 Å². The van der Waals surface area contributed by atoms with Crippen molar-refractivity contribution < 1.29 is 4.79 Å². The van der Waals surface area contributed by atoms with Crippen LogP contribution in [0.25, 0.3) is 0 Å². The molecule has 2 aromatic rings. The molecule has 7 nitrogen and oxygen atoms in total. The number of para-hydroxylation sites is 1. The van der Waals surface area contributed by atoms with Gasteiger partial charge in [0.25, 0.3) is 5.56 Å². The van der Waals surface area contributed by atoms with E-state index in [1.54, 1.807) is 9.47 Å². The van der Waals surface area contributed by atoms with Crippen LogP contribution in [-0.4, -0.2) is 21.1 Å². The number of hydrogen-bond acceptors (Lipinski definition) is 4. The Balaban J connectivity index is 1.74. The molecule has 0 saturated carbocycles. The third-order valence-electron chi connectivity index (χ3n) is 5.41. The Labute approximate surface area is 150 Å². The molecule has 26 heavy (non-hydrogen) atoms. The molecule has 2 aliphatic heterocycles. The lowest BCUT2D eigenvalue weighted by molar-refractivity contribution is -0.119. The van der Waals surface area contributed by atoms with E-state index in [2.05, 4.69) is 0 Å². The molecule has 1 aromatic carbocycles. The van der Waals surface area contributed by atoms with Crippen LogP contribution in [0.4, 0.5) is 5.69 Å². The first-order valence-electron chi connectivity index (χ1n) is 8.98. The van der Waals surface area contributed by atoms with Gasteiger partial charge in [0.05, 0.1) is 5.56 Å². The van der Waals surface area contributed by atoms with Crippen LogP contribution in [-0.2, 0) is 37.3 Å². The van der Waals surface area contributed by atoms with E-state index in [0.29, 0.717) is 18.5 Å². The molecule has 4 rings (SSSR count). The van der Waals surface area contributed by atoms with Gasteiger partial charge in [-0.25, -0.2) is 4.79 Å². The van der Waals surface area contributed by atoms with Crippen LogP contribution in [0.5, 0.6) is 0 Å². The number of hydrogen-bond donors (Lipinski definition) is 1. The fourth-order valence-corrected chi connectivity index (χ4v) is 4.22. The Kier molecular flexibility index (Phi) is 4.03. The highest BCUT2D eigenvalue weighted by Crippen LogP contribution is 2.31. The number of carbonyl (C=O) groups is 1. The van der Waals surface area contributed by atoms with Crippen LogP contribution in [0.15, 0.2) is 33.9 Å². The molecule has 0 spiro atoms. The van der Waals surface area contributed by atoms with Crippen LogP contribution in [0.2, 0.25) is 0 Å². The first-order valence-corrected chi connectivity index (χ1v) is 8.98. The molecule has 0 fully saturated rings. The second kappa shape index (κ2) is 6.25. The van der Waals surface area contributed by atoms with Gasteiger partial charge in [0, 0.05) is 30.5 Å². The van der Waals surface area contributed by atoms with Gasteiger partial charge in [-0.3, -0.25) is 18.7 Å². The van der Waals surface area contributed by atoms with Gasteiger partial charge in [-0.15, -0.1) is 0 Å². The van der Waals surface area contributed by atoms with Gasteiger partial charge in [0.2, 0.25) is 5.91 Å². The van der Waals surface area contributed by atoms with E-state index in [1.165, 1.54) is 0 Å². The van der Waals surface area contributed by atoms with Gasteiger partial charge >= 0.3 is 5.69 Å². The predicted octanol–water partition coefficient (Wildman–Crippen LogP) is 0.393. The summed E-state index contributed by atoms with van der Waals surface area (Å²) in [5.74, 6) is -0.247. The molecule has 0 aliphatic carbocycles. The molecular formula is C19H22N4O3. The standard InChI is InChI=1S/C19H22N4O3/c1-12-9-13-5-2-3-6-15(13)23(12)17(24)11-22-18(25)14(10-20)16-7-4-8-21(16)19(22)26/h2-3,5-6,12H,4,7-11,20H2,1H3. The molecule has 3 heterocycles. The van der Waals surface area contributed by atoms with Crippen molar-refractivity contribution in [1.82, 2.24) is 9.13 Å². The SMILES string of the molecule is CC1Cc2ccccc2N1C(=O)Cn1c(=O)c(CN)c2n(c1=O)CCC2. The Morgan fingerprint density at radius 2 is 2.04 bits per heavy atom. The fourth-order valence-electron chi connectivity index (χ4n) is 4.22. The van der Waals surface area contributed by atoms with Gasteiger partial charge in [-0.05, 0) is 37.8 Å². The third-order valence-corrected chi connectivity index (χ3v) is 5.41. The predicted molar refractivity (Wildman–Crippen MR) is 98.3 cm³/mol. The number of carbonyl (C=O) groups excluding carboxylic acids is 1. The minimum absolute atomic E-state index is 0.00163. The van der Waals surface area contributed by atoms with Crippen molar-refractivity contribution in [3.8, 4) is 0 Å². The molecule has 1 aromatic heterocycles. The molecule has 136 valence electrons. The lowest BCUT2D eigenvalue weighted by Gasteiger charge is -2.23. The summed E-state index contributed by atoms with van der Waals surface area (Å²) in [6, 6.07) is 7.74. The zero-order valence-electron chi connectivity index (χ0n) is 14.8. The molecule has 2 N–H and O–H groups in total. The van der Waals surface area contributed by atoms with Crippen molar-refractivity contribution in [3.63, 3.8) is 0 Å². The molecule has 1 amide bonds. The highest BCUT2D eigenvalue weighted by atomic mass is 16.2. The van der Waals surface area contributed by atoms with Gasteiger partial charge in [0.15, 0.2) is 0 Å². The number of amides is 1. The number of nitrogens with zero attached hydrogens (tertiary/aromatic N) is 3. The monoisotopic (exact) mass is 354 g/mol. The fraction of sp³-hybridized carbons (Fsp3) is 0.421. The average Bonchev–Trinajstić information content (AvgIpc) is 3.22. The largest absolute Gasteiger partial charge is 0.331 e. The van der Waals surface area contributed by atoms with Crippen molar-refractivity contribution in [3.05, 3.63) is 61.9 Å². The lowest BCUT2D eigenvalue weighted by atomic mass is 10.1. The van der Waals surface area contributed by atoms with E-state index in [9.17, 15) is 14.4 Å². The van der Waals surface area contributed by atoms with Crippen molar-refractivity contribution in [2.45, 2.75) is 51.9 Å². The maximum absolute atomic E-state index is 13.0. The average molecular weight is 354 g/mol. The zero-order valence-corrected chi connectivity index (χ0v) is 14.8. The smallest absolute Gasteiger partial charge is 0.326 e. The van der Waals surface area contributed by atoms with Crippen LogP contribution in [0.3, 0.4) is 0 Å². The summed E-state index contributed by atoms with van der Waals surface area (Å²) in [7, 11) is 0. The summed E-state index contributed by atoms with van der Waals surface area (Å²) in [5, 5.41) is 0. The van der Waals surface area contributed by atoms with Gasteiger partial charge < -0.3 is 10.6 Å². The molecule has 1 atom stereocenters. The number of aromatic nitrogens is 2. The quantitative estimate of drug-likeness (QED) is 0.863. The molecule has 0 radical (unpaired) electrons. The summed E-state index contributed by atoms with van der Waals surface area (Å²) in [4.78, 5) is 40.2. The second-order valence-electron chi connectivity index (χ2n) is 7.00. The van der Waals surface area contributed by atoms with Crippen LogP contribution in [0.1, 0.15) is 30.2 Å². The van der Waals surface area contributed by atoms with Crippen molar-refractivity contribution >= 4 is 11.6 Å². The van der Waals surface area contributed by atoms with Crippen LogP contribution >= 0.6 is 0 Å². The maximum Gasteiger partial charge on any atom is 0.331 e. The number of nitrogens with two attached hydrogens (primary N) is 1. The summed E-state index contributed by atoms with van der Waals surface area (Å²) in [6.45, 7) is 2.36. The number of rotatable bonds is 3. The topological polar surface area (TPSA) is 90.3 Å². The van der Waals surface area contributed by atoms with E-state index in [-0.39, 0.29) is 25.0 Å². The third kappa shape index (κ3) is 2.42. The lowest BCUT2D eigenvalue weighted by Crippen LogP contribution is -2.47. The number of fused-ring (bicyclic) bond motifs is 2. The molecular weight excluding hydrogens is 332 g/mol. The van der Waals surface area contributed by atoms with Crippen molar-refractivity contribution in [2.24, 2.45) is 5.73 Å². The van der Waals surface area contributed by atoms with E-state index in [0.717, 1.165) is 34.4 Å². The summed E-state index contributed by atoms with van der Waals surface area (Å²) in [6.07, 6.45) is 2.27. The van der Waals surface area contributed by atoms with Crippen LogP contribution < -0.4 is 21.9 Å². The van der Waals surface area contributed by atoms with Gasteiger partial charge in [0.1, 0.15) is 6.54 Å². The zero-order chi connectivity index (χ0) is 18.4. The van der Waals surface area contributed by atoms with Crippen molar-refractivity contribution in [1.29, 1.82) is 0 Å². The summed E-state index contributed by atoms with van der Waals surface area (Å²) < 4.78 is 2.64. The molecule has 7 heteroatoms. The van der Waals surface area contributed by atoms with Crippen molar-refractivity contribution in [2.75, 3.05) is 4.90 Å². The first kappa shape index (κ1) is 16.8. The Morgan fingerprint density at radius 3 is 2.81 bits per heavy atom. The number of anilines is 1. The minimum atomic E-state index is -0.431.